The summed E-state index contributed by atoms with van der Waals surface area (Å²) in [7, 11) is 0. The molecule has 0 saturated heterocycles. The molecule has 2 aliphatic rings. The van der Waals surface area contributed by atoms with Crippen LogP contribution in [0.25, 0.3) is 10.8 Å². The summed E-state index contributed by atoms with van der Waals surface area (Å²) in [5, 5.41) is 6.23. The van der Waals surface area contributed by atoms with Gasteiger partial charge < -0.3 is 10.1 Å². The van der Waals surface area contributed by atoms with Crippen molar-refractivity contribution in [2.75, 3.05) is 5.32 Å². The molecular weight excluding hydrogens is 418 g/mol. The first-order valence-electron chi connectivity index (χ1n) is 11.9. The highest BCUT2D eigenvalue weighted by molar-refractivity contribution is 5.95. The largest absolute Gasteiger partial charge is 0.489 e. The Bertz CT molecular complexity index is 1400. The standard InChI is InChI=1S/C31H27NO2/c1-20(33)23-14-17-30-29(18-23)27-10-5-11-28(27)31(32-30)22-12-15-25(16-13-22)34-19-24-8-4-7-21-6-2-3-9-26(21)24/h2-10,12-18,27-28,31-32H,11,19H2,1H3/t27-,28+,31+/m1/s1. The van der Waals surface area contributed by atoms with Crippen molar-refractivity contribution in [3.8, 4) is 5.75 Å². The fourth-order valence-corrected chi connectivity index (χ4v) is 5.49. The SMILES string of the molecule is CC(=O)c1ccc2c(c1)[C@@H]1C=CC[C@@H]1[C@H](c1ccc(OCc3cccc4ccccc34)cc1)N2. The van der Waals surface area contributed by atoms with Crippen molar-refractivity contribution < 1.29 is 9.53 Å². The van der Waals surface area contributed by atoms with Gasteiger partial charge in [0.1, 0.15) is 12.4 Å². The van der Waals surface area contributed by atoms with Crippen LogP contribution in [0.2, 0.25) is 0 Å². The van der Waals surface area contributed by atoms with Gasteiger partial charge in [-0.05, 0) is 77.1 Å². The molecule has 1 aliphatic heterocycles. The molecule has 6 rings (SSSR count). The Kier molecular flexibility index (Phi) is 5.18. The average Bonchev–Trinajstić information content (AvgIpc) is 3.37. The molecule has 3 nitrogen and oxygen atoms in total. The number of anilines is 1. The lowest BCUT2D eigenvalue weighted by atomic mass is 9.76. The summed E-state index contributed by atoms with van der Waals surface area (Å²) < 4.78 is 6.16. The van der Waals surface area contributed by atoms with Crippen LogP contribution in [-0.4, -0.2) is 5.78 Å². The van der Waals surface area contributed by atoms with Crippen LogP contribution in [0, 0.1) is 5.92 Å². The fourth-order valence-electron chi connectivity index (χ4n) is 5.49. The van der Waals surface area contributed by atoms with Crippen molar-refractivity contribution in [2.24, 2.45) is 5.92 Å². The Hall–Kier alpha value is -3.85. The minimum Gasteiger partial charge on any atom is -0.489 e. The van der Waals surface area contributed by atoms with Gasteiger partial charge in [0.2, 0.25) is 0 Å². The molecule has 4 aromatic carbocycles. The van der Waals surface area contributed by atoms with E-state index in [1.54, 1.807) is 6.92 Å². The van der Waals surface area contributed by atoms with Crippen LogP contribution >= 0.6 is 0 Å². The van der Waals surface area contributed by atoms with Gasteiger partial charge in [-0.25, -0.2) is 0 Å². The lowest BCUT2D eigenvalue weighted by Gasteiger charge is -2.37. The van der Waals surface area contributed by atoms with Crippen molar-refractivity contribution in [3.05, 3.63) is 119 Å². The Morgan fingerprint density at radius 1 is 0.971 bits per heavy atom. The predicted octanol–water partition coefficient (Wildman–Crippen LogP) is 7.45. The zero-order valence-electron chi connectivity index (χ0n) is 19.2. The van der Waals surface area contributed by atoms with E-state index in [-0.39, 0.29) is 11.8 Å². The lowest BCUT2D eigenvalue weighted by molar-refractivity contribution is 0.101. The highest BCUT2D eigenvalue weighted by atomic mass is 16.5. The van der Waals surface area contributed by atoms with Crippen LogP contribution in [0.3, 0.4) is 0 Å². The minimum atomic E-state index is 0.113. The number of ether oxygens (including phenoxy) is 1. The van der Waals surface area contributed by atoms with E-state index in [9.17, 15) is 4.79 Å². The molecule has 34 heavy (non-hydrogen) atoms. The third-order valence-electron chi connectivity index (χ3n) is 7.28. The lowest BCUT2D eigenvalue weighted by Crippen LogP contribution is -2.29. The van der Waals surface area contributed by atoms with E-state index >= 15 is 0 Å². The molecule has 1 aliphatic carbocycles. The number of ketones is 1. The first-order valence-corrected chi connectivity index (χ1v) is 11.9. The highest BCUT2D eigenvalue weighted by Crippen LogP contribution is 2.50. The number of Topliss-reactive ketones (excluding diaryl/α,β-unsaturated/α-hetero) is 1. The van der Waals surface area contributed by atoms with Crippen LogP contribution in [-0.2, 0) is 6.61 Å². The van der Waals surface area contributed by atoms with E-state index in [1.165, 1.54) is 27.5 Å². The topological polar surface area (TPSA) is 38.3 Å². The zero-order valence-corrected chi connectivity index (χ0v) is 19.2. The number of hydrogen-bond donors (Lipinski definition) is 1. The molecule has 0 bridgehead atoms. The third-order valence-corrected chi connectivity index (χ3v) is 7.28. The van der Waals surface area contributed by atoms with Crippen molar-refractivity contribution >= 4 is 22.2 Å². The Morgan fingerprint density at radius 2 is 1.79 bits per heavy atom. The first-order chi connectivity index (χ1) is 16.7. The number of allylic oxidation sites excluding steroid dienone is 2. The third kappa shape index (κ3) is 3.67. The summed E-state index contributed by atoms with van der Waals surface area (Å²) in [6.45, 7) is 2.18. The molecule has 0 radical (unpaired) electrons. The second kappa shape index (κ2) is 8.49. The number of carbonyl (C=O) groups is 1. The van der Waals surface area contributed by atoms with E-state index in [2.05, 4.69) is 96.3 Å². The fraction of sp³-hybridized carbons (Fsp3) is 0.194. The average molecular weight is 446 g/mol. The van der Waals surface area contributed by atoms with Crippen LogP contribution in [0.1, 0.15) is 52.4 Å². The normalized spacial score (nSPS) is 20.4. The quantitative estimate of drug-likeness (QED) is 0.256. The summed E-state index contributed by atoms with van der Waals surface area (Å²) in [5.41, 5.74) is 5.60. The monoisotopic (exact) mass is 445 g/mol. The van der Waals surface area contributed by atoms with Gasteiger partial charge in [-0.3, -0.25) is 4.79 Å². The van der Waals surface area contributed by atoms with Gasteiger partial charge in [-0.2, -0.15) is 0 Å². The smallest absolute Gasteiger partial charge is 0.159 e. The summed E-state index contributed by atoms with van der Waals surface area (Å²) in [6.07, 6.45) is 5.62. The van der Waals surface area contributed by atoms with Gasteiger partial charge in [0.15, 0.2) is 5.78 Å². The van der Waals surface area contributed by atoms with Crippen molar-refractivity contribution in [3.63, 3.8) is 0 Å². The van der Waals surface area contributed by atoms with Gasteiger partial charge >= 0.3 is 0 Å². The van der Waals surface area contributed by atoms with Crippen molar-refractivity contribution in [1.29, 1.82) is 0 Å². The molecule has 0 amide bonds. The molecule has 0 aromatic heterocycles. The predicted molar refractivity (Wildman–Crippen MR) is 138 cm³/mol. The van der Waals surface area contributed by atoms with Gasteiger partial charge in [0, 0.05) is 17.2 Å². The van der Waals surface area contributed by atoms with Gasteiger partial charge in [0.05, 0.1) is 6.04 Å². The van der Waals surface area contributed by atoms with E-state index in [4.69, 9.17) is 4.74 Å². The molecule has 4 aromatic rings. The molecule has 0 unspecified atom stereocenters. The van der Waals surface area contributed by atoms with Crippen LogP contribution in [0.15, 0.2) is 97.1 Å². The van der Waals surface area contributed by atoms with Crippen molar-refractivity contribution in [2.45, 2.75) is 31.9 Å². The number of nitrogens with one attached hydrogen (secondary N) is 1. The van der Waals surface area contributed by atoms with Gasteiger partial charge in [0.25, 0.3) is 0 Å². The molecular formula is C31H27NO2. The molecule has 1 N–H and O–H groups in total. The molecule has 3 heteroatoms. The van der Waals surface area contributed by atoms with E-state index < -0.39 is 0 Å². The number of rotatable bonds is 5. The summed E-state index contributed by atoms with van der Waals surface area (Å²) >= 11 is 0. The van der Waals surface area contributed by atoms with Crippen molar-refractivity contribution in [1.82, 2.24) is 0 Å². The summed E-state index contributed by atoms with van der Waals surface area (Å²) in [4.78, 5) is 11.9. The number of fused-ring (bicyclic) bond motifs is 4. The van der Waals surface area contributed by atoms with Crippen LogP contribution < -0.4 is 10.1 Å². The molecule has 0 spiro atoms. The maximum Gasteiger partial charge on any atom is 0.159 e. The van der Waals surface area contributed by atoms with Gasteiger partial charge in [-0.15, -0.1) is 0 Å². The Morgan fingerprint density at radius 3 is 2.65 bits per heavy atom. The maximum absolute atomic E-state index is 11.9. The molecule has 0 saturated carbocycles. The minimum absolute atomic E-state index is 0.113. The van der Waals surface area contributed by atoms with Crippen LogP contribution in [0.4, 0.5) is 5.69 Å². The molecule has 1 heterocycles. The second-order valence-electron chi connectivity index (χ2n) is 9.33. The van der Waals surface area contributed by atoms with E-state index in [0.29, 0.717) is 18.4 Å². The van der Waals surface area contributed by atoms with Crippen LogP contribution in [0.5, 0.6) is 5.75 Å². The summed E-state index contributed by atoms with van der Waals surface area (Å²) in [6, 6.07) is 29.6. The number of carbonyl (C=O) groups excluding carboxylic acids is 1. The molecule has 3 atom stereocenters. The molecule has 0 fully saturated rings. The second-order valence-corrected chi connectivity index (χ2v) is 9.33. The summed E-state index contributed by atoms with van der Waals surface area (Å²) in [5.74, 6) is 1.77. The van der Waals surface area contributed by atoms with Gasteiger partial charge in [-0.1, -0.05) is 66.7 Å². The maximum atomic E-state index is 11.9. The van der Waals surface area contributed by atoms with E-state index in [0.717, 1.165) is 23.4 Å². The Balaban J connectivity index is 1.22. The number of hydrogen-bond acceptors (Lipinski definition) is 3. The number of benzene rings is 4. The molecule has 168 valence electrons. The van der Waals surface area contributed by atoms with E-state index in [1.807, 2.05) is 6.07 Å². The highest BCUT2D eigenvalue weighted by Gasteiger charge is 2.38. The Labute approximate surface area is 200 Å². The zero-order chi connectivity index (χ0) is 23.1. The first kappa shape index (κ1) is 20.7.